The number of nitrogens with two attached hydrogens (primary N) is 3. The normalized spacial score (nSPS) is 10.5. The molecule has 0 bridgehead atoms. The fourth-order valence-corrected chi connectivity index (χ4v) is 2.29. The first-order valence-corrected chi connectivity index (χ1v) is 9.13. The van der Waals surface area contributed by atoms with E-state index in [1.54, 1.807) is 12.1 Å². The molecule has 9 N–H and O–H groups in total. The number of ether oxygens (including phenoxy) is 1. The topological polar surface area (TPSA) is 148 Å². The second kappa shape index (κ2) is 13.9. The Labute approximate surface area is 156 Å². The number of hydrogen-bond acceptors (Lipinski definition) is 5. The van der Waals surface area contributed by atoms with Gasteiger partial charge in [0, 0.05) is 25.2 Å². The minimum atomic E-state index is 0.0697. The van der Waals surface area contributed by atoms with E-state index in [2.05, 4.69) is 15.6 Å². The van der Waals surface area contributed by atoms with E-state index in [0.717, 1.165) is 57.6 Å². The molecule has 0 amide bonds. The van der Waals surface area contributed by atoms with Crippen LogP contribution in [-0.2, 0) is 0 Å². The summed E-state index contributed by atoms with van der Waals surface area (Å²) in [6.45, 7) is 5.22. The van der Waals surface area contributed by atoms with E-state index >= 15 is 0 Å². The van der Waals surface area contributed by atoms with Gasteiger partial charge in [-0.3, -0.25) is 10.4 Å². The van der Waals surface area contributed by atoms with Gasteiger partial charge in [-0.25, -0.2) is 0 Å². The van der Waals surface area contributed by atoms with E-state index in [1.807, 2.05) is 12.1 Å². The Bertz CT molecular complexity index is 527. The molecule has 0 aliphatic heterocycles. The van der Waals surface area contributed by atoms with Crippen molar-refractivity contribution in [2.75, 3.05) is 39.3 Å². The van der Waals surface area contributed by atoms with Gasteiger partial charge in [0.15, 0.2) is 5.96 Å². The van der Waals surface area contributed by atoms with Gasteiger partial charge in [0.1, 0.15) is 11.6 Å². The van der Waals surface area contributed by atoms with Crippen molar-refractivity contribution in [2.45, 2.75) is 25.7 Å². The fourth-order valence-electron chi connectivity index (χ4n) is 2.29. The third-order valence-corrected chi connectivity index (χ3v) is 3.72. The number of nitrogens with zero attached hydrogens (tertiary/aromatic N) is 1. The highest BCUT2D eigenvalue weighted by Gasteiger charge is 1.98. The first-order valence-electron chi connectivity index (χ1n) is 9.13. The summed E-state index contributed by atoms with van der Waals surface area (Å²) in [5.41, 5.74) is 16.7. The minimum absolute atomic E-state index is 0.0697. The standard InChI is InChI=1S/C18H33N7O/c19-17(20)15-5-7-16(8-6-15)26-14-4-10-24-13-12-23-9-2-1-3-11-25-18(21)22/h5-8,23-24H,1-4,9-14H2,(H3,19,20)(H4,21,22,25). The van der Waals surface area contributed by atoms with Crippen LogP contribution < -0.4 is 32.6 Å². The van der Waals surface area contributed by atoms with Gasteiger partial charge in [0.05, 0.1) is 6.61 Å². The average Bonchev–Trinajstić information content (AvgIpc) is 2.62. The predicted molar refractivity (Wildman–Crippen MR) is 108 cm³/mol. The highest BCUT2D eigenvalue weighted by molar-refractivity contribution is 5.94. The van der Waals surface area contributed by atoms with Crippen LogP contribution in [0.25, 0.3) is 0 Å². The molecule has 146 valence electrons. The first-order chi connectivity index (χ1) is 12.6. The molecule has 0 saturated carbocycles. The number of benzene rings is 1. The Morgan fingerprint density at radius 2 is 1.54 bits per heavy atom. The third-order valence-electron chi connectivity index (χ3n) is 3.72. The molecule has 0 unspecified atom stereocenters. The van der Waals surface area contributed by atoms with Crippen LogP contribution in [0.15, 0.2) is 29.3 Å². The molecule has 1 aromatic carbocycles. The predicted octanol–water partition coefficient (Wildman–Crippen LogP) is 0.362. The van der Waals surface area contributed by atoms with Crippen LogP contribution >= 0.6 is 0 Å². The van der Waals surface area contributed by atoms with Crippen molar-refractivity contribution in [3.63, 3.8) is 0 Å². The van der Waals surface area contributed by atoms with Gasteiger partial charge in [0.25, 0.3) is 0 Å². The van der Waals surface area contributed by atoms with Gasteiger partial charge in [-0.05, 0) is 56.6 Å². The Balaban J connectivity index is 1.86. The zero-order chi connectivity index (χ0) is 19.0. The van der Waals surface area contributed by atoms with Crippen LogP contribution in [0.5, 0.6) is 5.75 Å². The molecule has 0 atom stereocenters. The summed E-state index contributed by atoms with van der Waals surface area (Å²) in [5, 5.41) is 14.1. The summed E-state index contributed by atoms with van der Waals surface area (Å²) in [5.74, 6) is 1.04. The molecule has 26 heavy (non-hydrogen) atoms. The van der Waals surface area contributed by atoms with Crippen molar-refractivity contribution >= 4 is 11.8 Å². The van der Waals surface area contributed by atoms with Crippen molar-refractivity contribution in [1.82, 2.24) is 10.6 Å². The molecular weight excluding hydrogens is 330 g/mol. The molecule has 1 aromatic rings. The number of amidine groups is 1. The number of nitrogens with one attached hydrogen (secondary N) is 3. The van der Waals surface area contributed by atoms with Crippen LogP contribution in [0, 0.1) is 5.41 Å². The maximum absolute atomic E-state index is 7.34. The van der Waals surface area contributed by atoms with Gasteiger partial charge in [-0.15, -0.1) is 0 Å². The maximum atomic E-state index is 7.34. The molecule has 0 spiro atoms. The van der Waals surface area contributed by atoms with Crippen molar-refractivity contribution in [1.29, 1.82) is 5.41 Å². The Hall–Kier alpha value is -2.32. The number of aliphatic imine (C=N–C) groups is 1. The van der Waals surface area contributed by atoms with E-state index in [1.165, 1.54) is 0 Å². The minimum Gasteiger partial charge on any atom is -0.494 e. The molecule has 0 aromatic heterocycles. The average molecular weight is 364 g/mol. The van der Waals surface area contributed by atoms with Crippen molar-refractivity contribution in [3.05, 3.63) is 29.8 Å². The monoisotopic (exact) mass is 363 g/mol. The molecule has 0 radical (unpaired) electrons. The Kier molecular flexibility index (Phi) is 11.6. The van der Waals surface area contributed by atoms with E-state index < -0.39 is 0 Å². The summed E-state index contributed by atoms with van der Waals surface area (Å²) in [4.78, 5) is 3.96. The van der Waals surface area contributed by atoms with Crippen LogP contribution in [0.3, 0.4) is 0 Å². The lowest BCUT2D eigenvalue weighted by Gasteiger charge is -2.08. The molecule has 0 aliphatic carbocycles. The van der Waals surface area contributed by atoms with Crippen molar-refractivity contribution in [3.8, 4) is 5.75 Å². The fraction of sp³-hybridized carbons (Fsp3) is 0.556. The van der Waals surface area contributed by atoms with Gasteiger partial charge in [-0.1, -0.05) is 6.42 Å². The van der Waals surface area contributed by atoms with Crippen molar-refractivity contribution in [2.24, 2.45) is 22.2 Å². The number of rotatable bonds is 15. The molecule has 8 heteroatoms. The lowest BCUT2D eigenvalue weighted by molar-refractivity contribution is 0.308. The number of hydrogen-bond donors (Lipinski definition) is 6. The Morgan fingerprint density at radius 1 is 0.885 bits per heavy atom. The maximum Gasteiger partial charge on any atom is 0.185 e. The largest absolute Gasteiger partial charge is 0.494 e. The van der Waals surface area contributed by atoms with Gasteiger partial charge >= 0.3 is 0 Å². The van der Waals surface area contributed by atoms with E-state index in [9.17, 15) is 0 Å². The lowest BCUT2D eigenvalue weighted by atomic mass is 10.2. The third kappa shape index (κ3) is 11.3. The summed E-state index contributed by atoms with van der Waals surface area (Å²) < 4.78 is 5.66. The lowest BCUT2D eigenvalue weighted by Crippen LogP contribution is -2.29. The summed E-state index contributed by atoms with van der Waals surface area (Å²) in [7, 11) is 0. The zero-order valence-electron chi connectivity index (χ0n) is 15.5. The highest BCUT2D eigenvalue weighted by atomic mass is 16.5. The molecule has 0 saturated heterocycles. The molecular formula is C18H33N7O. The quantitative estimate of drug-likeness (QED) is 0.151. The number of unbranched alkanes of at least 4 members (excludes halogenated alkanes) is 2. The highest BCUT2D eigenvalue weighted by Crippen LogP contribution is 2.11. The second-order valence-electron chi connectivity index (χ2n) is 6.01. The molecule has 0 aliphatic rings. The molecule has 0 fully saturated rings. The summed E-state index contributed by atoms with van der Waals surface area (Å²) in [6, 6.07) is 7.27. The Morgan fingerprint density at radius 3 is 2.15 bits per heavy atom. The van der Waals surface area contributed by atoms with Crippen LogP contribution in [0.4, 0.5) is 0 Å². The van der Waals surface area contributed by atoms with Crippen LogP contribution in [-0.4, -0.2) is 51.1 Å². The van der Waals surface area contributed by atoms with Crippen LogP contribution in [0.1, 0.15) is 31.2 Å². The van der Waals surface area contributed by atoms with E-state index in [-0.39, 0.29) is 11.8 Å². The molecule has 8 nitrogen and oxygen atoms in total. The van der Waals surface area contributed by atoms with Gasteiger partial charge < -0.3 is 32.6 Å². The van der Waals surface area contributed by atoms with Gasteiger partial charge in [0.2, 0.25) is 0 Å². The SMILES string of the molecule is N=C(N)c1ccc(OCCCNCCNCCCCCN=C(N)N)cc1. The number of guanidine groups is 1. The molecule has 0 heterocycles. The van der Waals surface area contributed by atoms with E-state index in [4.69, 9.17) is 27.3 Å². The first kappa shape index (κ1) is 21.7. The number of nitrogen functional groups attached to an aromatic ring is 1. The van der Waals surface area contributed by atoms with Crippen LogP contribution in [0.2, 0.25) is 0 Å². The van der Waals surface area contributed by atoms with E-state index in [0.29, 0.717) is 18.7 Å². The molecule has 1 rings (SSSR count). The smallest absolute Gasteiger partial charge is 0.185 e. The van der Waals surface area contributed by atoms with Gasteiger partial charge in [-0.2, -0.15) is 0 Å². The summed E-state index contributed by atoms with van der Waals surface area (Å²) in [6.07, 6.45) is 4.23. The summed E-state index contributed by atoms with van der Waals surface area (Å²) >= 11 is 0. The zero-order valence-corrected chi connectivity index (χ0v) is 15.5. The second-order valence-corrected chi connectivity index (χ2v) is 6.01. The van der Waals surface area contributed by atoms with Crippen molar-refractivity contribution < 1.29 is 4.74 Å².